The van der Waals surface area contributed by atoms with Gasteiger partial charge < -0.3 is 15.5 Å². The lowest BCUT2D eigenvalue weighted by Gasteiger charge is -2.34. The molecule has 1 atom stereocenters. The number of anilines is 1. The molecule has 1 aliphatic heterocycles. The van der Waals surface area contributed by atoms with Gasteiger partial charge in [-0.1, -0.05) is 0 Å². The summed E-state index contributed by atoms with van der Waals surface area (Å²) >= 11 is 0. The van der Waals surface area contributed by atoms with Gasteiger partial charge in [0.1, 0.15) is 0 Å². The Balaban J connectivity index is 2.17. The molecule has 1 aromatic carbocycles. The standard InChI is InChI=1S/C18H25N5O/c1-11(2)23-14(10-22(3)4)8-12-7-13(18(19)24)9-15(17(12)23)16-5-6-20-21-16/h5-7,9,11,14H,8,10H2,1-4H3,(H2,19,24)(H,20,21). The maximum atomic E-state index is 11.8. The first-order valence-corrected chi connectivity index (χ1v) is 8.28. The van der Waals surface area contributed by atoms with Crippen molar-refractivity contribution in [2.45, 2.75) is 32.4 Å². The summed E-state index contributed by atoms with van der Waals surface area (Å²) in [6, 6.07) is 6.49. The Hall–Kier alpha value is -2.34. The van der Waals surface area contributed by atoms with E-state index in [1.165, 1.54) is 11.3 Å². The van der Waals surface area contributed by atoms with Crippen LogP contribution in [-0.4, -0.2) is 53.7 Å². The van der Waals surface area contributed by atoms with E-state index in [0.717, 1.165) is 24.2 Å². The number of carbonyl (C=O) groups is 1. The highest BCUT2D eigenvalue weighted by Crippen LogP contribution is 2.42. The summed E-state index contributed by atoms with van der Waals surface area (Å²) in [5.74, 6) is -0.397. The first-order valence-electron chi connectivity index (χ1n) is 8.28. The maximum Gasteiger partial charge on any atom is 0.248 e. The molecule has 2 heterocycles. The van der Waals surface area contributed by atoms with Gasteiger partial charge >= 0.3 is 0 Å². The average Bonchev–Trinajstić information content (AvgIpc) is 3.11. The van der Waals surface area contributed by atoms with Gasteiger partial charge in [0.2, 0.25) is 5.91 Å². The third-order valence-electron chi connectivity index (χ3n) is 4.50. The second-order valence-electron chi connectivity index (χ2n) is 6.99. The normalized spacial score (nSPS) is 16.9. The van der Waals surface area contributed by atoms with E-state index in [9.17, 15) is 4.79 Å². The molecule has 1 aromatic heterocycles. The third-order valence-corrected chi connectivity index (χ3v) is 4.50. The number of rotatable bonds is 5. The summed E-state index contributed by atoms with van der Waals surface area (Å²) in [6.45, 7) is 5.37. The number of hydrogen-bond donors (Lipinski definition) is 2. The minimum atomic E-state index is -0.397. The molecule has 24 heavy (non-hydrogen) atoms. The number of aromatic amines is 1. The van der Waals surface area contributed by atoms with Gasteiger partial charge in [-0.3, -0.25) is 9.89 Å². The van der Waals surface area contributed by atoms with Gasteiger partial charge in [0, 0.05) is 36.0 Å². The highest BCUT2D eigenvalue weighted by atomic mass is 16.1. The average molecular weight is 327 g/mol. The number of H-pyrrole nitrogens is 1. The lowest BCUT2D eigenvalue weighted by atomic mass is 9.99. The Morgan fingerprint density at radius 2 is 2.21 bits per heavy atom. The van der Waals surface area contributed by atoms with Crippen molar-refractivity contribution < 1.29 is 4.79 Å². The molecule has 1 amide bonds. The van der Waals surface area contributed by atoms with Crippen molar-refractivity contribution >= 4 is 11.6 Å². The monoisotopic (exact) mass is 327 g/mol. The second-order valence-corrected chi connectivity index (χ2v) is 6.99. The molecular weight excluding hydrogens is 302 g/mol. The number of primary amides is 1. The zero-order valence-electron chi connectivity index (χ0n) is 14.7. The van der Waals surface area contributed by atoms with E-state index in [0.29, 0.717) is 17.6 Å². The Morgan fingerprint density at radius 1 is 1.46 bits per heavy atom. The number of nitrogens with one attached hydrogen (secondary N) is 1. The third kappa shape index (κ3) is 2.89. The summed E-state index contributed by atoms with van der Waals surface area (Å²) in [6.07, 6.45) is 2.64. The quantitative estimate of drug-likeness (QED) is 0.879. The van der Waals surface area contributed by atoms with Crippen LogP contribution in [0, 0.1) is 0 Å². The molecular formula is C18H25N5O. The fourth-order valence-corrected chi connectivity index (χ4v) is 3.70. The zero-order chi connectivity index (χ0) is 17.4. The summed E-state index contributed by atoms with van der Waals surface area (Å²) in [7, 11) is 4.18. The van der Waals surface area contributed by atoms with Crippen molar-refractivity contribution in [3.8, 4) is 11.3 Å². The number of nitrogens with zero attached hydrogens (tertiary/aromatic N) is 3. The number of fused-ring (bicyclic) bond motifs is 1. The number of carbonyl (C=O) groups excluding carboxylic acids is 1. The predicted molar refractivity (Wildman–Crippen MR) is 96.2 cm³/mol. The predicted octanol–water partition coefficient (Wildman–Crippen LogP) is 1.88. The largest absolute Gasteiger partial charge is 0.366 e. The molecule has 0 saturated heterocycles. The lowest BCUT2D eigenvalue weighted by Crippen LogP contribution is -2.43. The summed E-state index contributed by atoms with van der Waals surface area (Å²) in [4.78, 5) is 16.4. The molecule has 128 valence electrons. The van der Waals surface area contributed by atoms with Gasteiger partial charge in [-0.25, -0.2) is 0 Å². The first-order chi connectivity index (χ1) is 11.4. The molecule has 0 fully saturated rings. The Labute approximate surface area is 142 Å². The molecule has 0 aliphatic carbocycles. The van der Waals surface area contributed by atoms with E-state index >= 15 is 0 Å². The maximum absolute atomic E-state index is 11.8. The van der Waals surface area contributed by atoms with Crippen LogP contribution in [0.15, 0.2) is 24.4 Å². The number of amides is 1. The van der Waals surface area contributed by atoms with Crippen LogP contribution in [0.2, 0.25) is 0 Å². The highest BCUT2D eigenvalue weighted by molar-refractivity contribution is 5.97. The Bertz CT molecular complexity index is 736. The summed E-state index contributed by atoms with van der Waals surface area (Å²) in [5, 5.41) is 7.09. The van der Waals surface area contributed by atoms with E-state index in [2.05, 4.69) is 47.9 Å². The molecule has 1 unspecified atom stereocenters. The van der Waals surface area contributed by atoms with Crippen molar-refractivity contribution in [3.05, 3.63) is 35.5 Å². The smallest absolute Gasteiger partial charge is 0.248 e. The van der Waals surface area contributed by atoms with Crippen LogP contribution in [0.25, 0.3) is 11.3 Å². The molecule has 0 saturated carbocycles. The summed E-state index contributed by atoms with van der Waals surface area (Å²) in [5.41, 5.74) is 10.4. The van der Waals surface area contributed by atoms with Gasteiger partial charge in [-0.05, 0) is 58.1 Å². The van der Waals surface area contributed by atoms with Crippen LogP contribution < -0.4 is 10.6 Å². The van der Waals surface area contributed by atoms with E-state index in [4.69, 9.17) is 5.73 Å². The Kier molecular flexibility index (Phi) is 4.32. The van der Waals surface area contributed by atoms with Crippen LogP contribution in [-0.2, 0) is 6.42 Å². The van der Waals surface area contributed by atoms with Crippen molar-refractivity contribution in [2.75, 3.05) is 25.5 Å². The number of likely N-dealkylation sites (N-methyl/N-ethyl adjacent to an activating group) is 1. The fraction of sp³-hybridized carbons (Fsp3) is 0.444. The van der Waals surface area contributed by atoms with Gasteiger partial charge in [0.15, 0.2) is 0 Å². The molecule has 6 heteroatoms. The number of hydrogen-bond acceptors (Lipinski definition) is 4. The first kappa shape index (κ1) is 16.5. The van der Waals surface area contributed by atoms with Gasteiger partial charge in [-0.15, -0.1) is 0 Å². The molecule has 0 bridgehead atoms. The van der Waals surface area contributed by atoms with Crippen LogP contribution in [0.4, 0.5) is 5.69 Å². The van der Waals surface area contributed by atoms with Crippen molar-refractivity contribution in [1.29, 1.82) is 0 Å². The number of benzene rings is 1. The van der Waals surface area contributed by atoms with Crippen molar-refractivity contribution in [2.24, 2.45) is 5.73 Å². The minimum absolute atomic E-state index is 0.359. The molecule has 0 spiro atoms. The zero-order valence-corrected chi connectivity index (χ0v) is 14.7. The van der Waals surface area contributed by atoms with Gasteiger partial charge in [0.25, 0.3) is 0 Å². The SMILES string of the molecule is CC(C)N1c2c(cc(C(N)=O)cc2-c2ccn[nH]2)CC1CN(C)C. The molecule has 3 rings (SSSR count). The lowest BCUT2D eigenvalue weighted by molar-refractivity contribution is 0.100. The van der Waals surface area contributed by atoms with E-state index in [1.54, 1.807) is 6.20 Å². The van der Waals surface area contributed by atoms with Gasteiger partial charge in [-0.2, -0.15) is 5.10 Å². The van der Waals surface area contributed by atoms with Crippen molar-refractivity contribution in [3.63, 3.8) is 0 Å². The molecule has 3 N–H and O–H groups in total. The van der Waals surface area contributed by atoms with Crippen molar-refractivity contribution in [1.82, 2.24) is 15.1 Å². The number of aromatic nitrogens is 2. The van der Waals surface area contributed by atoms with Crippen LogP contribution in [0.3, 0.4) is 0 Å². The molecule has 2 aromatic rings. The topological polar surface area (TPSA) is 78.2 Å². The van der Waals surface area contributed by atoms with E-state index in [-0.39, 0.29) is 0 Å². The fourth-order valence-electron chi connectivity index (χ4n) is 3.70. The number of nitrogens with two attached hydrogens (primary N) is 1. The molecule has 1 aliphatic rings. The van der Waals surface area contributed by atoms with Gasteiger partial charge in [0.05, 0.1) is 11.4 Å². The van der Waals surface area contributed by atoms with E-state index in [1.807, 2.05) is 18.2 Å². The van der Waals surface area contributed by atoms with Crippen LogP contribution >= 0.6 is 0 Å². The second kappa shape index (κ2) is 6.28. The van der Waals surface area contributed by atoms with Crippen LogP contribution in [0.5, 0.6) is 0 Å². The summed E-state index contributed by atoms with van der Waals surface area (Å²) < 4.78 is 0. The Morgan fingerprint density at radius 3 is 2.75 bits per heavy atom. The minimum Gasteiger partial charge on any atom is -0.366 e. The molecule has 6 nitrogen and oxygen atoms in total. The van der Waals surface area contributed by atoms with Crippen LogP contribution in [0.1, 0.15) is 29.8 Å². The van der Waals surface area contributed by atoms with E-state index < -0.39 is 5.91 Å². The molecule has 0 radical (unpaired) electrons. The highest BCUT2D eigenvalue weighted by Gasteiger charge is 2.34.